The van der Waals surface area contributed by atoms with Crippen molar-refractivity contribution >= 4 is 11.6 Å². The van der Waals surface area contributed by atoms with Gasteiger partial charge in [0, 0.05) is 11.3 Å². The number of nitrogens with one attached hydrogen (secondary N) is 1. The number of benzene rings is 2. The largest absolute Gasteiger partial charge is 0.489 e. The minimum absolute atomic E-state index is 0.159. The number of rotatable bonds is 5. The van der Waals surface area contributed by atoms with Crippen LogP contribution in [0.25, 0.3) is 0 Å². The Morgan fingerprint density at radius 2 is 1.78 bits per heavy atom. The van der Waals surface area contributed by atoms with E-state index in [-0.39, 0.29) is 5.91 Å². The fourth-order valence-corrected chi connectivity index (χ4v) is 3.15. The van der Waals surface area contributed by atoms with Crippen LogP contribution in [-0.4, -0.2) is 11.1 Å². The second-order valence-electron chi connectivity index (χ2n) is 6.85. The molecule has 3 rings (SSSR count). The number of aromatic nitrogens is 1. The monoisotopic (exact) mass is 364 g/mol. The van der Waals surface area contributed by atoms with Gasteiger partial charge in [-0.25, -0.2) is 0 Å². The Kier molecular flexibility index (Phi) is 5.31. The van der Waals surface area contributed by atoms with Crippen molar-refractivity contribution in [3.63, 3.8) is 0 Å². The third kappa shape index (κ3) is 4.19. The minimum Gasteiger partial charge on any atom is -0.489 e. The molecule has 2 aromatic carbocycles. The standard InChI is InChI=1S/C22H24N2O3/c1-13-9-14(2)21(15(3)10-13)23-22(25)18-7-6-8-19(11-18)26-12-20-16(4)24-27-17(20)5/h6-11H,12H2,1-5H3,(H,23,25). The molecule has 0 radical (unpaired) electrons. The van der Waals surface area contributed by atoms with Crippen molar-refractivity contribution < 1.29 is 14.1 Å². The molecule has 1 heterocycles. The first kappa shape index (κ1) is 18.7. The molecule has 3 aromatic rings. The first-order valence-electron chi connectivity index (χ1n) is 8.89. The van der Waals surface area contributed by atoms with E-state index >= 15 is 0 Å². The lowest BCUT2D eigenvalue weighted by molar-refractivity contribution is 0.102. The molecule has 1 aromatic heterocycles. The van der Waals surface area contributed by atoms with Gasteiger partial charge in [-0.05, 0) is 63.9 Å². The van der Waals surface area contributed by atoms with Crippen LogP contribution in [0.5, 0.6) is 5.75 Å². The van der Waals surface area contributed by atoms with Crippen LogP contribution in [-0.2, 0) is 6.61 Å². The quantitative estimate of drug-likeness (QED) is 0.688. The van der Waals surface area contributed by atoms with E-state index in [1.165, 1.54) is 5.56 Å². The topological polar surface area (TPSA) is 64.4 Å². The summed E-state index contributed by atoms with van der Waals surface area (Å²) in [4.78, 5) is 12.7. The van der Waals surface area contributed by atoms with Crippen LogP contribution in [0.2, 0.25) is 0 Å². The smallest absolute Gasteiger partial charge is 0.255 e. The molecule has 0 aliphatic rings. The van der Waals surface area contributed by atoms with Gasteiger partial charge in [-0.3, -0.25) is 4.79 Å². The molecule has 0 saturated carbocycles. The predicted molar refractivity (Wildman–Crippen MR) is 105 cm³/mol. The molecule has 0 atom stereocenters. The maximum absolute atomic E-state index is 12.7. The molecule has 0 aliphatic heterocycles. The van der Waals surface area contributed by atoms with Gasteiger partial charge in [-0.15, -0.1) is 0 Å². The van der Waals surface area contributed by atoms with Gasteiger partial charge in [0.05, 0.1) is 11.3 Å². The first-order valence-corrected chi connectivity index (χ1v) is 8.89. The highest BCUT2D eigenvalue weighted by molar-refractivity contribution is 6.05. The molecule has 27 heavy (non-hydrogen) atoms. The third-order valence-electron chi connectivity index (χ3n) is 4.58. The van der Waals surface area contributed by atoms with E-state index in [4.69, 9.17) is 9.26 Å². The van der Waals surface area contributed by atoms with Crippen molar-refractivity contribution in [3.8, 4) is 5.75 Å². The zero-order chi connectivity index (χ0) is 19.6. The van der Waals surface area contributed by atoms with Crippen LogP contribution < -0.4 is 10.1 Å². The average Bonchev–Trinajstić information content (AvgIpc) is 2.94. The highest BCUT2D eigenvalue weighted by Gasteiger charge is 2.13. The van der Waals surface area contributed by atoms with E-state index in [9.17, 15) is 4.79 Å². The fourth-order valence-electron chi connectivity index (χ4n) is 3.15. The molecular formula is C22H24N2O3. The summed E-state index contributed by atoms with van der Waals surface area (Å²) in [7, 11) is 0. The van der Waals surface area contributed by atoms with E-state index in [0.717, 1.165) is 33.8 Å². The van der Waals surface area contributed by atoms with Crippen molar-refractivity contribution in [2.24, 2.45) is 0 Å². The number of anilines is 1. The summed E-state index contributed by atoms with van der Waals surface area (Å²) in [6.07, 6.45) is 0. The molecule has 1 N–H and O–H groups in total. The second-order valence-corrected chi connectivity index (χ2v) is 6.85. The number of amides is 1. The predicted octanol–water partition coefficient (Wildman–Crippen LogP) is 5.05. The zero-order valence-electron chi connectivity index (χ0n) is 16.3. The second kappa shape index (κ2) is 7.66. The van der Waals surface area contributed by atoms with Crippen LogP contribution in [0.15, 0.2) is 40.9 Å². The molecule has 0 fully saturated rings. The van der Waals surface area contributed by atoms with Gasteiger partial charge in [0.1, 0.15) is 18.1 Å². The third-order valence-corrected chi connectivity index (χ3v) is 4.58. The molecule has 0 spiro atoms. The summed E-state index contributed by atoms with van der Waals surface area (Å²) in [6.45, 7) is 10.1. The van der Waals surface area contributed by atoms with Gasteiger partial charge < -0.3 is 14.6 Å². The van der Waals surface area contributed by atoms with Crippen molar-refractivity contribution in [3.05, 3.63) is 75.7 Å². The lowest BCUT2D eigenvalue weighted by Crippen LogP contribution is -2.14. The van der Waals surface area contributed by atoms with Crippen molar-refractivity contribution in [1.82, 2.24) is 5.16 Å². The highest BCUT2D eigenvalue weighted by atomic mass is 16.5. The summed E-state index contributed by atoms with van der Waals surface area (Å²) in [5.74, 6) is 1.21. The average molecular weight is 364 g/mol. The maximum atomic E-state index is 12.7. The van der Waals surface area contributed by atoms with Gasteiger partial charge in [0.15, 0.2) is 0 Å². The Balaban J connectivity index is 1.74. The van der Waals surface area contributed by atoms with E-state index in [1.807, 2.05) is 46.8 Å². The number of ether oxygens (including phenoxy) is 1. The van der Waals surface area contributed by atoms with E-state index in [2.05, 4.69) is 22.6 Å². The number of aryl methyl sites for hydroxylation is 5. The zero-order valence-corrected chi connectivity index (χ0v) is 16.3. The van der Waals surface area contributed by atoms with Gasteiger partial charge >= 0.3 is 0 Å². The summed E-state index contributed by atoms with van der Waals surface area (Å²) >= 11 is 0. The Morgan fingerprint density at radius 3 is 2.41 bits per heavy atom. The molecule has 0 aliphatic carbocycles. The van der Waals surface area contributed by atoms with Gasteiger partial charge in [0.2, 0.25) is 0 Å². The van der Waals surface area contributed by atoms with Crippen molar-refractivity contribution in [2.45, 2.75) is 41.2 Å². The normalized spacial score (nSPS) is 10.7. The Hall–Kier alpha value is -3.08. The number of nitrogens with zero attached hydrogens (tertiary/aromatic N) is 1. The van der Waals surface area contributed by atoms with Crippen LogP contribution in [0.4, 0.5) is 5.69 Å². The fraction of sp³-hybridized carbons (Fsp3) is 0.273. The van der Waals surface area contributed by atoms with E-state index in [0.29, 0.717) is 17.9 Å². The Morgan fingerprint density at radius 1 is 1.07 bits per heavy atom. The molecule has 0 unspecified atom stereocenters. The van der Waals surface area contributed by atoms with E-state index < -0.39 is 0 Å². The minimum atomic E-state index is -0.159. The van der Waals surface area contributed by atoms with Gasteiger partial charge in [0.25, 0.3) is 5.91 Å². The Bertz CT molecular complexity index is 946. The summed E-state index contributed by atoms with van der Waals surface area (Å²) in [6, 6.07) is 11.3. The van der Waals surface area contributed by atoms with E-state index in [1.54, 1.807) is 12.1 Å². The van der Waals surface area contributed by atoms with Gasteiger partial charge in [-0.2, -0.15) is 0 Å². The maximum Gasteiger partial charge on any atom is 0.255 e. The van der Waals surface area contributed by atoms with Crippen LogP contribution in [0.3, 0.4) is 0 Å². The summed E-state index contributed by atoms with van der Waals surface area (Å²) in [5, 5.41) is 6.94. The first-order chi connectivity index (χ1) is 12.8. The summed E-state index contributed by atoms with van der Waals surface area (Å²) in [5.41, 5.74) is 6.41. The number of hydrogen-bond acceptors (Lipinski definition) is 4. The Labute approximate surface area is 159 Å². The number of carbonyl (C=O) groups is 1. The SMILES string of the molecule is Cc1cc(C)c(NC(=O)c2cccc(OCc3c(C)noc3C)c2)c(C)c1. The van der Waals surface area contributed by atoms with Crippen molar-refractivity contribution in [1.29, 1.82) is 0 Å². The molecule has 5 nitrogen and oxygen atoms in total. The number of hydrogen-bond donors (Lipinski definition) is 1. The molecule has 0 bridgehead atoms. The molecular weight excluding hydrogens is 340 g/mol. The lowest BCUT2D eigenvalue weighted by atomic mass is 10.0. The number of carbonyl (C=O) groups excluding carboxylic acids is 1. The molecule has 140 valence electrons. The van der Waals surface area contributed by atoms with Gasteiger partial charge in [-0.1, -0.05) is 28.9 Å². The highest BCUT2D eigenvalue weighted by Crippen LogP contribution is 2.24. The molecule has 1 amide bonds. The molecule has 0 saturated heterocycles. The lowest BCUT2D eigenvalue weighted by Gasteiger charge is -2.13. The van der Waals surface area contributed by atoms with Crippen LogP contribution in [0, 0.1) is 34.6 Å². The van der Waals surface area contributed by atoms with Crippen molar-refractivity contribution in [2.75, 3.05) is 5.32 Å². The molecule has 5 heteroatoms. The summed E-state index contributed by atoms with van der Waals surface area (Å²) < 4.78 is 11.0. The van der Waals surface area contributed by atoms with Crippen LogP contribution in [0.1, 0.15) is 44.1 Å². The van der Waals surface area contributed by atoms with Crippen LogP contribution >= 0.6 is 0 Å².